The van der Waals surface area contributed by atoms with Crippen LogP contribution >= 0.6 is 0 Å². The second-order valence-corrected chi connectivity index (χ2v) is 6.48. The second kappa shape index (κ2) is 9.06. The molecule has 1 aliphatic carbocycles. The van der Waals surface area contributed by atoms with Crippen molar-refractivity contribution < 1.29 is 9.59 Å². The number of carbonyl (C=O) groups is 2. The maximum absolute atomic E-state index is 12.3. The molecule has 0 saturated heterocycles. The average molecular weight is 296 g/mol. The number of hydrogen-bond acceptors (Lipinski definition) is 2. The smallest absolute Gasteiger partial charge is 0.225 e. The molecule has 2 amide bonds. The van der Waals surface area contributed by atoms with Gasteiger partial charge in [-0.2, -0.15) is 0 Å². The average Bonchev–Trinajstić information content (AvgIpc) is 2.51. The van der Waals surface area contributed by atoms with Crippen molar-refractivity contribution >= 4 is 11.8 Å². The molecule has 0 bridgehead atoms. The van der Waals surface area contributed by atoms with Gasteiger partial charge in [0, 0.05) is 31.5 Å². The lowest BCUT2D eigenvalue weighted by atomic mass is 9.81. The quantitative estimate of drug-likeness (QED) is 0.785. The molecule has 0 spiro atoms. The van der Waals surface area contributed by atoms with E-state index < -0.39 is 0 Å². The van der Waals surface area contributed by atoms with Gasteiger partial charge in [-0.15, -0.1) is 0 Å². The molecule has 1 aliphatic rings. The molecule has 4 heteroatoms. The van der Waals surface area contributed by atoms with Crippen molar-refractivity contribution in [1.82, 2.24) is 10.2 Å². The Morgan fingerprint density at radius 2 is 1.71 bits per heavy atom. The fraction of sp³-hybridized carbons (Fsp3) is 0.882. The standard InChI is InChI=1S/C17H32N2O2/c1-5-7-12-19(4)17(21)15-10-8-14(9-11-15)16(20)18-13(3)6-2/h13-15H,5-12H2,1-4H3,(H,18,20). The van der Waals surface area contributed by atoms with Crippen molar-refractivity contribution in [2.75, 3.05) is 13.6 Å². The van der Waals surface area contributed by atoms with E-state index in [1.165, 1.54) is 0 Å². The molecular formula is C17H32N2O2. The Labute approximate surface area is 129 Å². The maximum Gasteiger partial charge on any atom is 0.225 e. The fourth-order valence-electron chi connectivity index (χ4n) is 2.88. The van der Waals surface area contributed by atoms with Crippen LogP contribution in [0.1, 0.15) is 65.7 Å². The van der Waals surface area contributed by atoms with E-state index in [1.807, 2.05) is 18.9 Å². The van der Waals surface area contributed by atoms with Crippen LogP contribution in [0.5, 0.6) is 0 Å². The van der Waals surface area contributed by atoms with Crippen LogP contribution in [0, 0.1) is 11.8 Å². The predicted molar refractivity (Wildman–Crippen MR) is 85.9 cm³/mol. The first-order chi connectivity index (χ1) is 9.99. The molecule has 1 atom stereocenters. The molecule has 1 unspecified atom stereocenters. The van der Waals surface area contributed by atoms with E-state index in [9.17, 15) is 9.59 Å². The van der Waals surface area contributed by atoms with E-state index in [0.717, 1.165) is 51.5 Å². The van der Waals surface area contributed by atoms with E-state index in [2.05, 4.69) is 19.2 Å². The molecule has 0 radical (unpaired) electrons. The van der Waals surface area contributed by atoms with Gasteiger partial charge in [-0.05, 0) is 45.4 Å². The molecular weight excluding hydrogens is 264 g/mol. The highest BCUT2D eigenvalue weighted by atomic mass is 16.2. The summed E-state index contributed by atoms with van der Waals surface area (Å²) in [4.78, 5) is 26.3. The van der Waals surface area contributed by atoms with Gasteiger partial charge in [0.1, 0.15) is 0 Å². The topological polar surface area (TPSA) is 49.4 Å². The summed E-state index contributed by atoms with van der Waals surface area (Å²) in [6.07, 6.45) is 6.54. The summed E-state index contributed by atoms with van der Waals surface area (Å²) in [5.74, 6) is 0.669. The highest BCUT2D eigenvalue weighted by Crippen LogP contribution is 2.30. The lowest BCUT2D eigenvalue weighted by molar-refractivity contribution is -0.137. The fourth-order valence-corrected chi connectivity index (χ4v) is 2.88. The monoisotopic (exact) mass is 296 g/mol. The summed E-state index contributed by atoms with van der Waals surface area (Å²) < 4.78 is 0. The molecule has 1 saturated carbocycles. The van der Waals surface area contributed by atoms with Gasteiger partial charge in [0.05, 0.1) is 0 Å². The first-order valence-corrected chi connectivity index (χ1v) is 8.54. The van der Waals surface area contributed by atoms with Crippen molar-refractivity contribution in [2.45, 2.75) is 71.8 Å². The Balaban J connectivity index is 2.37. The minimum atomic E-state index is 0.101. The van der Waals surface area contributed by atoms with Crippen molar-refractivity contribution in [3.63, 3.8) is 0 Å². The number of unbranched alkanes of at least 4 members (excludes halogenated alkanes) is 1. The lowest BCUT2D eigenvalue weighted by Gasteiger charge is -2.30. The lowest BCUT2D eigenvalue weighted by Crippen LogP contribution is -2.40. The highest BCUT2D eigenvalue weighted by Gasteiger charge is 2.31. The van der Waals surface area contributed by atoms with Gasteiger partial charge < -0.3 is 10.2 Å². The summed E-state index contributed by atoms with van der Waals surface area (Å²) in [5.41, 5.74) is 0. The molecule has 1 fully saturated rings. The molecule has 1 rings (SSSR count). The van der Waals surface area contributed by atoms with Crippen LogP contribution in [0.25, 0.3) is 0 Å². The third-order valence-electron chi connectivity index (χ3n) is 4.67. The van der Waals surface area contributed by atoms with E-state index in [4.69, 9.17) is 0 Å². The van der Waals surface area contributed by atoms with Gasteiger partial charge in [-0.3, -0.25) is 9.59 Å². The van der Waals surface area contributed by atoms with Crippen LogP contribution in [0.2, 0.25) is 0 Å². The second-order valence-electron chi connectivity index (χ2n) is 6.48. The van der Waals surface area contributed by atoms with E-state index >= 15 is 0 Å². The zero-order valence-electron chi connectivity index (χ0n) is 14.2. The van der Waals surface area contributed by atoms with Crippen molar-refractivity contribution in [1.29, 1.82) is 0 Å². The van der Waals surface area contributed by atoms with Crippen LogP contribution in [0.3, 0.4) is 0 Å². The third kappa shape index (κ3) is 5.68. The first-order valence-electron chi connectivity index (χ1n) is 8.54. The van der Waals surface area contributed by atoms with Crippen molar-refractivity contribution in [3.05, 3.63) is 0 Å². The molecule has 21 heavy (non-hydrogen) atoms. The summed E-state index contributed by atoms with van der Waals surface area (Å²) in [6.45, 7) is 7.10. The summed E-state index contributed by atoms with van der Waals surface area (Å²) in [5, 5.41) is 3.06. The number of nitrogens with one attached hydrogen (secondary N) is 1. The largest absolute Gasteiger partial charge is 0.353 e. The van der Waals surface area contributed by atoms with Crippen LogP contribution in [-0.4, -0.2) is 36.3 Å². The van der Waals surface area contributed by atoms with Crippen LogP contribution in [0.4, 0.5) is 0 Å². The molecule has 0 aliphatic heterocycles. The Kier molecular flexibility index (Phi) is 7.76. The first kappa shape index (κ1) is 18.0. The number of nitrogens with zero attached hydrogens (tertiary/aromatic N) is 1. The van der Waals surface area contributed by atoms with Gasteiger partial charge in [0.2, 0.25) is 11.8 Å². The summed E-state index contributed by atoms with van der Waals surface area (Å²) in [6, 6.07) is 0.247. The van der Waals surface area contributed by atoms with E-state index in [-0.39, 0.29) is 29.7 Å². The SMILES string of the molecule is CCCCN(C)C(=O)C1CCC(C(=O)NC(C)CC)CC1. The Morgan fingerprint density at radius 1 is 1.14 bits per heavy atom. The molecule has 0 aromatic heterocycles. The van der Waals surface area contributed by atoms with E-state index in [1.54, 1.807) is 0 Å². The number of amides is 2. The van der Waals surface area contributed by atoms with Gasteiger partial charge >= 0.3 is 0 Å². The molecule has 0 aromatic carbocycles. The van der Waals surface area contributed by atoms with Crippen LogP contribution < -0.4 is 5.32 Å². The Morgan fingerprint density at radius 3 is 2.24 bits per heavy atom. The number of carbonyl (C=O) groups excluding carboxylic acids is 2. The summed E-state index contributed by atoms with van der Waals surface area (Å²) >= 11 is 0. The maximum atomic E-state index is 12.3. The molecule has 4 nitrogen and oxygen atoms in total. The Hall–Kier alpha value is -1.06. The number of rotatable bonds is 7. The number of hydrogen-bond donors (Lipinski definition) is 1. The normalized spacial score (nSPS) is 23.4. The molecule has 122 valence electrons. The van der Waals surface area contributed by atoms with E-state index in [0.29, 0.717) is 0 Å². The van der Waals surface area contributed by atoms with Gasteiger partial charge in [-0.1, -0.05) is 20.3 Å². The minimum Gasteiger partial charge on any atom is -0.353 e. The zero-order chi connectivity index (χ0) is 15.8. The molecule has 0 heterocycles. The molecule has 0 aromatic rings. The zero-order valence-corrected chi connectivity index (χ0v) is 14.2. The minimum absolute atomic E-state index is 0.101. The summed E-state index contributed by atoms with van der Waals surface area (Å²) in [7, 11) is 1.90. The molecule has 1 N–H and O–H groups in total. The van der Waals surface area contributed by atoms with Crippen LogP contribution in [-0.2, 0) is 9.59 Å². The van der Waals surface area contributed by atoms with Crippen molar-refractivity contribution in [3.8, 4) is 0 Å². The van der Waals surface area contributed by atoms with Gasteiger partial charge in [0.15, 0.2) is 0 Å². The highest BCUT2D eigenvalue weighted by molar-refractivity contribution is 5.81. The Bertz CT molecular complexity index is 336. The van der Waals surface area contributed by atoms with Gasteiger partial charge in [0.25, 0.3) is 0 Å². The van der Waals surface area contributed by atoms with Gasteiger partial charge in [-0.25, -0.2) is 0 Å². The van der Waals surface area contributed by atoms with Crippen LogP contribution in [0.15, 0.2) is 0 Å². The third-order valence-corrected chi connectivity index (χ3v) is 4.67. The van der Waals surface area contributed by atoms with Crippen molar-refractivity contribution in [2.24, 2.45) is 11.8 Å². The predicted octanol–water partition coefficient (Wildman–Crippen LogP) is 2.97.